The van der Waals surface area contributed by atoms with Crippen molar-refractivity contribution >= 4 is 25.4 Å². The van der Waals surface area contributed by atoms with Gasteiger partial charge in [-0.15, -0.1) is 0 Å². The van der Waals surface area contributed by atoms with Crippen LogP contribution in [0.15, 0.2) is 24.3 Å². The second kappa shape index (κ2) is 12.5. The lowest BCUT2D eigenvalue weighted by Crippen LogP contribution is -2.45. The zero-order valence-electron chi connectivity index (χ0n) is 17.8. The van der Waals surface area contributed by atoms with Crippen LogP contribution in [0.3, 0.4) is 0 Å². The Bertz CT molecular complexity index is 755. The number of carboxylic acids is 1. The maximum atomic E-state index is 12.6. The van der Waals surface area contributed by atoms with Crippen LogP contribution in [0, 0.1) is 5.92 Å². The van der Waals surface area contributed by atoms with Gasteiger partial charge in [-0.25, -0.2) is 4.79 Å². The normalized spacial score (nSPS) is 13.3. The van der Waals surface area contributed by atoms with Gasteiger partial charge in [-0.05, 0) is 44.4 Å². The summed E-state index contributed by atoms with van der Waals surface area (Å²) in [5.74, 6) is -3.02. The van der Waals surface area contributed by atoms with E-state index < -0.39 is 37.4 Å². The molecule has 1 aromatic carbocycles. The highest BCUT2D eigenvalue weighted by Gasteiger charge is 2.29. The number of hydrogen-bond donors (Lipinski definition) is 2. The molecule has 1 amide bonds. The second-order valence-electron chi connectivity index (χ2n) is 6.58. The third kappa shape index (κ3) is 8.26. The van der Waals surface area contributed by atoms with E-state index in [0.29, 0.717) is 5.56 Å². The SMILES string of the molecule is CCOC(=O)C[C@@H](C)[C@@H](NC(=O)c1ccc(CP(=O)(OCC)OCC)cc1)C(=O)O. The summed E-state index contributed by atoms with van der Waals surface area (Å²) in [7, 11) is -3.27. The van der Waals surface area contributed by atoms with Gasteiger partial charge in [0.15, 0.2) is 0 Å². The fraction of sp³-hybridized carbons (Fsp3) is 0.550. The van der Waals surface area contributed by atoms with Crippen LogP contribution >= 0.6 is 7.60 Å². The number of aliphatic carboxylic acids is 1. The van der Waals surface area contributed by atoms with E-state index in [1.54, 1.807) is 39.8 Å². The molecule has 0 radical (unpaired) electrons. The summed E-state index contributed by atoms with van der Waals surface area (Å²) in [6, 6.07) is 4.97. The van der Waals surface area contributed by atoms with Crippen molar-refractivity contribution in [3.05, 3.63) is 35.4 Å². The predicted octanol–water partition coefficient (Wildman–Crippen LogP) is 3.23. The number of carbonyl (C=O) groups is 3. The fourth-order valence-electron chi connectivity index (χ4n) is 2.78. The van der Waals surface area contributed by atoms with Gasteiger partial charge in [0.1, 0.15) is 6.04 Å². The lowest BCUT2D eigenvalue weighted by molar-refractivity contribution is -0.145. The van der Waals surface area contributed by atoms with E-state index in [2.05, 4.69) is 5.32 Å². The number of ether oxygens (including phenoxy) is 1. The molecule has 10 heteroatoms. The quantitative estimate of drug-likeness (QED) is 0.351. The van der Waals surface area contributed by atoms with E-state index in [-0.39, 0.29) is 38.0 Å². The number of rotatable bonds is 13. The lowest BCUT2D eigenvalue weighted by atomic mass is 9.98. The first kappa shape index (κ1) is 25.8. The molecule has 0 heterocycles. The number of carbonyl (C=O) groups excluding carboxylic acids is 2. The molecular formula is C20H30NO8P. The third-order valence-corrected chi connectivity index (χ3v) is 6.22. The molecular weight excluding hydrogens is 413 g/mol. The van der Waals surface area contributed by atoms with E-state index in [1.165, 1.54) is 12.1 Å². The van der Waals surface area contributed by atoms with Gasteiger partial charge in [-0.1, -0.05) is 19.1 Å². The van der Waals surface area contributed by atoms with E-state index in [0.717, 1.165) is 0 Å². The second-order valence-corrected chi connectivity index (χ2v) is 8.63. The molecule has 0 aliphatic rings. The van der Waals surface area contributed by atoms with Crippen molar-refractivity contribution in [1.29, 1.82) is 0 Å². The number of carboxylic acid groups (broad SMARTS) is 1. The molecule has 0 aromatic heterocycles. The Morgan fingerprint density at radius 2 is 1.60 bits per heavy atom. The molecule has 0 saturated carbocycles. The van der Waals surface area contributed by atoms with Crippen LogP contribution in [0.25, 0.3) is 0 Å². The first-order valence-electron chi connectivity index (χ1n) is 9.82. The number of hydrogen-bond acceptors (Lipinski definition) is 7. The average Bonchev–Trinajstić information content (AvgIpc) is 2.66. The molecule has 2 N–H and O–H groups in total. The maximum absolute atomic E-state index is 12.6. The summed E-state index contributed by atoms with van der Waals surface area (Å²) in [5.41, 5.74) is 0.887. The number of nitrogens with one attached hydrogen (secondary N) is 1. The minimum Gasteiger partial charge on any atom is -0.480 e. The Labute approximate surface area is 176 Å². The molecule has 1 rings (SSSR count). The molecule has 168 valence electrons. The van der Waals surface area contributed by atoms with Gasteiger partial charge in [0, 0.05) is 5.56 Å². The molecule has 0 saturated heterocycles. The first-order valence-corrected chi connectivity index (χ1v) is 11.5. The van der Waals surface area contributed by atoms with Crippen LogP contribution < -0.4 is 5.32 Å². The smallest absolute Gasteiger partial charge is 0.335 e. The standard InChI is InChI=1S/C20H30NO8P/c1-5-27-17(22)12-14(4)18(20(24)25)21-19(23)16-10-8-15(9-11-16)13-30(26,28-6-2)29-7-3/h8-11,14,18H,5-7,12-13H2,1-4H3,(H,21,23)(H,24,25)/t14-,18-/m1/s1. The molecule has 0 aliphatic carbocycles. The van der Waals surface area contributed by atoms with E-state index in [9.17, 15) is 24.1 Å². The van der Waals surface area contributed by atoms with Crippen LogP contribution in [0.4, 0.5) is 0 Å². The van der Waals surface area contributed by atoms with Gasteiger partial charge in [0.05, 0.1) is 32.4 Å². The van der Waals surface area contributed by atoms with E-state index in [4.69, 9.17) is 13.8 Å². The number of esters is 1. The van der Waals surface area contributed by atoms with Gasteiger partial charge < -0.3 is 24.2 Å². The minimum atomic E-state index is -3.27. The molecule has 0 unspecified atom stereocenters. The minimum absolute atomic E-state index is 0.0604. The molecule has 1 aromatic rings. The van der Waals surface area contributed by atoms with Gasteiger partial charge in [0.2, 0.25) is 0 Å². The van der Waals surface area contributed by atoms with Gasteiger partial charge in [-0.2, -0.15) is 0 Å². The Kier molecular flexibility index (Phi) is 10.7. The van der Waals surface area contributed by atoms with Crippen molar-refractivity contribution in [2.45, 2.75) is 46.3 Å². The Morgan fingerprint density at radius 1 is 1.03 bits per heavy atom. The summed E-state index contributed by atoms with van der Waals surface area (Å²) in [4.78, 5) is 35.6. The highest BCUT2D eigenvalue weighted by Crippen LogP contribution is 2.51. The Balaban J connectivity index is 2.83. The molecule has 0 fully saturated rings. The van der Waals surface area contributed by atoms with Gasteiger partial charge in [0.25, 0.3) is 5.91 Å². The van der Waals surface area contributed by atoms with Crippen LogP contribution in [-0.4, -0.2) is 48.8 Å². The predicted molar refractivity (Wildman–Crippen MR) is 110 cm³/mol. The average molecular weight is 443 g/mol. The van der Waals surface area contributed by atoms with Crippen LogP contribution in [-0.2, 0) is 34.1 Å². The molecule has 2 atom stereocenters. The van der Waals surface area contributed by atoms with Crippen molar-refractivity contribution in [3.63, 3.8) is 0 Å². The zero-order valence-corrected chi connectivity index (χ0v) is 18.6. The highest BCUT2D eigenvalue weighted by atomic mass is 31.2. The van der Waals surface area contributed by atoms with Crippen molar-refractivity contribution in [1.82, 2.24) is 5.32 Å². The summed E-state index contributed by atoms with van der Waals surface area (Å²) >= 11 is 0. The van der Waals surface area contributed by atoms with Gasteiger partial charge >= 0.3 is 19.5 Å². The molecule has 0 aliphatic heterocycles. The van der Waals surface area contributed by atoms with Crippen molar-refractivity contribution in [3.8, 4) is 0 Å². The first-order chi connectivity index (χ1) is 14.2. The van der Waals surface area contributed by atoms with E-state index >= 15 is 0 Å². The third-order valence-electron chi connectivity index (χ3n) is 4.16. The summed E-state index contributed by atoms with van der Waals surface area (Å²) < 4.78 is 28.0. The molecule has 0 spiro atoms. The monoisotopic (exact) mass is 443 g/mol. The van der Waals surface area contributed by atoms with Crippen LogP contribution in [0.5, 0.6) is 0 Å². The maximum Gasteiger partial charge on any atom is 0.335 e. The van der Waals surface area contributed by atoms with Crippen molar-refractivity contribution < 1.29 is 37.8 Å². The van der Waals surface area contributed by atoms with Crippen molar-refractivity contribution in [2.75, 3.05) is 19.8 Å². The fourth-order valence-corrected chi connectivity index (χ4v) is 4.48. The molecule has 30 heavy (non-hydrogen) atoms. The summed E-state index contributed by atoms with van der Waals surface area (Å²) in [6.45, 7) is 7.35. The highest BCUT2D eigenvalue weighted by molar-refractivity contribution is 7.53. The Morgan fingerprint density at radius 3 is 2.07 bits per heavy atom. The molecule has 9 nitrogen and oxygen atoms in total. The van der Waals surface area contributed by atoms with Crippen LogP contribution in [0.1, 0.15) is 50.0 Å². The summed E-state index contributed by atoms with van der Waals surface area (Å²) in [5, 5.41) is 11.9. The molecule has 0 bridgehead atoms. The number of amides is 1. The lowest BCUT2D eigenvalue weighted by Gasteiger charge is -2.21. The Hall–Kier alpha value is -2.22. The van der Waals surface area contributed by atoms with Crippen LogP contribution in [0.2, 0.25) is 0 Å². The van der Waals surface area contributed by atoms with Gasteiger partial charge in [-0.3, -0.25) is 14.2 Å². The summed E-state index contributed by atoms with van der Waals surface area (Å²) in [6.07, 6.45) is -0.0704. The largest absolute Gasteiger partial charge is 0.480 e. The zero-order chi connectivity index (χ0) is 22.7. The van der Waals surface area contributed by atoms with E-state index in [1.807, 2.05) is 0 Å². The topological polar surface area (TPSA) is 128 Å². The van der Waals surface area contributed by atoms with Crippen molar-refractivity contribution in [2.24, 2.45) is 5.92 Å². The number of benzene rings is 1.